The van der Waals surface area contributed by atoms with E-state index in [-0.39, 0.29) is 0 Å². The number of nitrogens with one attached hydrogen (secondary N) is 1. The van der Waals surface area contributed by atoms with Crippen LogP contribution in [0, 0.1) is 0 Å². The maximum absolute atomic E-state index is 11.6. The fourth-order valence-electron chi connectivity index (χ4n) is 1.88. The third-order valence-corrected chi connectivity index (χ3v) is 4.03. The number of hydrogen-bond acceptors (Lipinski definition) is 4. The first-order valence-corrected chi connectivity index (χ1v) is 7.87. The van der Waals surface area contributed by atoms with E-state index in [1.165, 1.54) is 6.26 Å². The van der Waals surface area contributed by atoms with Crippen LogP contribution in [-0.4, -0.2) is 30.8 Å². The van der Waals surface area contributed by atoms with Gasteiger partial charge in [-0.15, -0.1) is 0 Å². The molecule has 0 aliphatic carbocycles. The molecule has 0 fully saturated rings. The molecule has 0 aliphatic heterocycles. The number of sulfone groups is 1. The van der Waals surface area contributed by atoms with Crippen molar-refractivity contribution in [2.75, 3.05) is 18.1 Å². The van der Waals surface area contributed by atoms with Crippen LogP contribution >= 0.6 is 0 Å². The van der Waals surface area contributed by atoms with Gasteiger partial charge in [-0.05, 0) is 12.1 Å². The first-order chi connectivity index (χ1) is 8.98. The Morgan fingerprint density at radius 3 is 2.68 bits per heavy atom. The summed E-state index contributed by atoms with van der Waals surface area (Å²) >= 11 is 0. The molecule has 5 nitrogen and oxygen atoms in total. The Morgan fingerprint density at radius 1 is 1.32 bits per heavy atom. The average Bonchev–Trinajstić information content (AvgIpc) is 2.75. The molecule has 0 aliphatic rings. The first kappa shape index (κ1) is 13.6. The SMILES string of the molecule is Cn1ccnc1CCNc1ccccc1S(C)(=O)=O. The highest BCUT2D eigenvalue weighted by Gasteiger charge is 2.12. The summed E-state index contributed by atoms with van der Waals surface area (Å²) < 4.78 is 25.2. The lowest BCUT2D eigenvalue weighted by atomic mass is 10.3. The number of imidazole rings is 1. The van der Waals surface area contributed by atoms with Crippen molar-refractivity contribution in [1.29, 1.82) is 0 Å². The highest BCUT2D eigenvalue weighted by molar-refractivity contribution is 7.90. The molecule has 0 saturated heterocycles. The minimum Gasteiger partial charge on any atom is -0.384 e. The number of anilines is 1. The number of hydrogen-bond donors (Lipinski definition) is 1. The van der Waals surface area contributed by atoms with Crippen molar-refractivity contribution in [3.63, 3.8) is 0 Å². The molecule has 1 aromatic carbocycles. The zero-order valence-corrected chi connectivity index (χ0v) is 11.8. The molecular formula is C13H17N3O2S. The Balaban J connectivity index is 2.06. The van der Waals surface area contributed by atoms with Crippen molar-refractivity contribution in [2.45, 2.75) is 11.3 Å². The van der Waals surface area contributed by atoms with Gasteiger partial charge in [-0.1, -0.05) is 12.1 Å². The Bertz CT molecular complexity index is 662. The molecule has 6 heteroatoms. The van der Waals surface area contributed by atoms with E-state index in [1.54, 1.807) is 24.4 Å². The smallest absolute Gasteiger partial charge is 0.177 e. The highest BCUT2D eigenvalue weighted by Crippen LogP contribution is 2.20. The van der Waals surface area contributed by atoms with E-state index in [1.807, 2.05) is 23.9 Å². The van der Waals surface area contributed by atoms with E-state index in [0.717, 1.165) is 12.2 Å². The van der Waals surface area contributed by atoms with Crippen molar-refractivity contribution >= 4 is 15.5 Å². The van der Waals surface area contributed by atoms with E-state index in [4.69, 9.17) is 0 Å². The van der Waals surface area contributed by atoms with Crippen LogP contribution in [0.1, 0.15) is 5.82 Å². The van der Waals surface area contributed by atoms with Gasteiger partial charge < -0.3 is 9.88 Å². The molecule has 2 aromatic rings. The zero-order valence-electron chi connectivity index (χ0n) is 11.0. The zero-order chi connectivity index (χ0) is 13.9. The molecule has 102 valence electrons. The van der Waals surface area contributed by atoms with Crippen molar-refractivity contribution in [2.24, 2.45) is 7.05 Å². The first-order valence-electron chi connectivity index (χ1n) is 5.97. The van der Waals surface area contributed by atoms with E-state index in [2.05, 4.69) is 10.3 Å². The van der Waals surface area contributed by atoms with Gasteiger partial charge in [-0.2, -0.15) is 0 Å². The fraction of sp³-hybridized carbons (Fsp3) is 0.308. The Hall–Kier alpha value is -1.82. The molecule has 0 bridgehead atoms. The summed E-state index contributed by atoms with van der Waals surface area (Å²) in [7, 11) is -1.27. The second-order valence-electron chi connectivity index (χ2n) is 4.40. The molecule has 0 saturated carbocycles. The molecular weight excluding hydrogens is 262 g/mol. The minimum atomic E-state index is -3.21. The largest absolute Gasteiger partial charge is 0.384 e. The van der Waals surface area contributed by atoms with Crippen LogP contribution in [0.2, 0.25) is 0 Å². The molecule has 1 aromatic heterocycles. The van der Waals surface area contributed by atoms with Crippen LogP contribution in [0.25, 0.3) is 0 Å². The number of nitrogens with zero attached hydrogens (tertiary/aromatic N) is 2. The normalized spacial score (nSPS) is 11.5. The predicted octanol–water partition coefficient (Wildman–Crippen LogP) is 1.48. The number of aromatic nitrogens is 2. The molecule has 19 heavy (non-hydrogen) atoms. The van der Waals surface area contributed by atoms with Gasteiger partial charge in [0.2, 0.25) is 0 Å². The van der Waals surface area contributed by atoms with E-state index in [0.29, 0.717) is 17.1 Å². The summed E-state index contributed by atoms with van der Waals surface area (Å²) in [5.74, 6) is 0.962. The minimum absolute atomic E-state index is 0.329. The summed E-state index contributed by atoms with van der Waals surface area (Å²) in [6.45, 7) is 0.636. The van der Waals surface area contributed by atoms with Gasteiger partial charge in [0.1, 0.15) is 5.82 Å². The summed E-state index contributed by atoms with van der Waals surface area (Å²) in [6, 6.07) is 6.92. The van der Waals surface area contributed by atoms with Crippen molar-refractivity contribution < 1.29 is 8.42 Å². The fourth-order valence-corrected chi connectivity index (χ4v) is 2.75. The Morgan fingerprint density at radius 2 is 2.05 bits per heavy atom. The van der Waals surface area contributed by atoms with Gasteiger partial charge in [0, 0.05) is 38.7 Å². The van der Waals surface area contributed by atoms with Gasteiger partial charge in [-0.25, -0.2) is 13.4 Å². The number of para-hydroxylation sites is 1. The van der Waals surface area contributed by atoms with Crippen molar-refractivity contribution in [3.8, 4) is 0 Å². The predicted molar refractivity (Wildman–Crippen MR) is 75.0 cm³/mol. The van der Waals surface area contributed by atoms with E-state index >= 15 is 0 Å². The Kier molecular flexibility index (Phi) is 3.90. The summed E-state index contributed by atoms with van der Waals surface area (Å²) in [5, 5.41) is 3.15. The number of rotatable bonds is 5. The summed E-state index contributed by atoms with van der Waals surface area (Å²) in [5.41, 5.74) is 0.638. The number of aryl methyl sites for hydroxylation is 1. The van der Waals surface area contributed by atoms with Gasteiger partial charge >= 0.3 is 0 Å². The quantitative estimate of drug-likeness (QED) is 0.900. The van der Waals surface area contributed by atoms with Gasteiger partial charge in [0.05, 0.1) is 10.6 Å². The van der Waals surface area contributed by atoms with Gasteiger partial charge in [0.15, 0.2) is 9.84 Å². The lowest BCUT2D eigenvalue weighted by molar-refractivity contribution is 0.602. The average molecular weight is 279 g/mol. The van der Waals surface area contributed by atoms with Crippen molar-refractivity contribution in [3.05, 3.63) is 42.5 Å². The highest BCUT2D eigenvalue weighted by atomic mass is 32.2. The molecule has 0 unspecified atom stereocenters. The molecule has 0 amide bonds. The number of benzene rings is 1. The van der Waals surface area contributed by atoms with Crippen LogP contribution in [0.4, 0.5) is 5.69 Å². The van der Waals surface area contributed by atoms with Crippen LogP contribution in [-0.2, 0) is 23.3 Å². The molecule has 1 N–H and O–H groups in total. The van der Waals surface area contributed by atoms with E-state index < -0.39 is 9.84 Å². The molecule has 2 rings (SSSR count). The van der Waals surface area contributed by atoms with E-state index in [9.17, 15) is 8.42 Å². The van der Waals surface area contributed by atoms with Gasteiger partial charge in [0.25, 0.3) is 0 Å². The second-order valence-corrected chi connectivity index (χ2v) is 6.38. The molecule has 0 radical (unpaired) electrons. The topological polar surface area (TPSA) is 64.0 Å². The third kappa shape index (κ3) is 3.35. The molecule has 0 atom stereocenters. The monoisotopic (exact) mass is 279 g/mol. The maximum atomic E-state index is 11.6. The second kappa shape index (κ2) is 5.44. The van der Waals surface area contributed by atoms with Crippen LogP contribution in [0.3, 0.4) is 0 Å². The molecule has 1 heterocycles. The summed E-state index contributed by atoms with van der Waals surface area (Å²) in [4.78, 5) is 4.55. The Labute approximate surface area is 113 Å². The standard InChI is InChI=1S/C13H17N3O2S/c1-16-10-9-15-13(16)7-8-14-11-5-3-4-6-12(11)19(2,17)18/h3-6,9-10,14H,7-8H2,1-2H3. The summed E-state index contributed by atoms with van der Waals surface area (Å²) in [6.07, 6.45) is 5.59. The lowest BCUT2D eigenvalue weighted by Gasteiger charge is -2.10. The van der Waals surface area contributed by atoms with Crippen LogP contribution in [0.15, 0.2) is 41.6 Å². The van der Waals surface area contributed by atoms with Crippen LogP contribution < -0.4 is 5.32 Å². The maximum Gasteiger partial charge on any atom is 0.177 e. The van der Waals surface area contributed by atoms with Crippen molar-refractivity contribution in [1.82, 2.24) is 9.55 Å². The van der Waals surface area contributed by atoms with Gasteiger partial charge in [-0.3, -0.25) is 0 Å². The third-order valence-electron chi connectivity index (χ3n) is 2.87. The molecule has 0 spiro atoms. The lowest BCUT2D eigenvalue weighted by Crippen LogP contribution is -2.11. The van der Waals surface area contributed by atoms with Crippen LogP contribution in [0.5, 0.6) is 0 Å².